The lowest BCUT2D eigenvalue weighted by Crippen LogP contribution is -2.23. The molecule has 0 saturated carbocycles. The Hall–Kier alpha value is -2.36. The second-order valence-corrected chi connectivity index (χ2v) is 3.05. The summed E-state index contributed by atoms with van der Waals surface area (Å²) in [4.78, 5) is 23.3. The van der Waals surface area contributed by atoms with Crippen molar-refractivity contribution in [3.8, 4) is 0 Å². The Balaban J connectivity index is 3.02. The molecule has 1 rings (SSSR count). The van der Waals surface area contributed by atoms with E-state index in [0.717, 1.165) is 12.5 Å². The van der Waals surface area contributed by atoms with E-state index < -0.39 is 17.9 Å². The third kappa shape index (κ3) is 3.31. The van der Waals surface area contributed by atoms with Gasteiger partial charge in [0.2, 0.25) is 0 Å². The molecule has 1 aromatic carbocycles. The Morgan fingerprint density at radius 2 is 1.47 bits per heavy atom. The molecule has 4 heteroatoms. The Bertz CT molecular complexity index is 400. The molecule has 0 spiro atoms. The number of carbonyl (C=O) groups is 2. The zero-order valence-corrected chi connectivity index (χ0v) is 9.17. The lowest BCUT2D eigenvalue weighted by Gasteiger charge is -2.12. The van der Waals surface area contributed by atoms with E-state index in [1.54, 1.807) is 30.3 Å². The standard InChI is InChI=1S/C13H12O4/c1-3-16-12(14)11(13(15)17-4-2)10-8-6-5-7-9-10/h3-9,11H,1-2H2. The maximum absolute atomic E-state index is 11.6. The lowest BCUT2D eigenvalue weighted by atomic mass is 9.99. The van der Waals surface area contributed by atoms with Crippen molar-refractivity contribution in [1.29, 1.82) is 0 Å². The summed E-state index contributed by atoms with van der Waals surface area (Å²) in [6, 6.07) is 8.48. The molecule has 4 nitrogen and oxygen atoms in total. The maximum atomic E-state index is 11.6. The molecule has 0 amide bonds. The summed E-state index contributed by atoms with van der Waals surface area (Å²) in [5, 5.41) is 0. The van der Waals surface area contributed by atoms with Crippen LogP contribution in [0.15, 0.2) is 56.0 Å². The minimum atomic E-state index is -1.13. The molecule has 0 saturated heterocycles. The zero-order chi connectivity index (χ0) is 12.7. The highest BCUT2D eigenvalue weighted by molar-refractivity contribution is 6.01. The summed E-state index contributed by atoms with van der Waals surface area (Å²) in [6.45, 7) is 6.53. The first-order valence-electron chi connectivity index (χ1n) is 4.88. The number of esters is 2. The van der Waals surface area contributed by atoms with Crippen molar-refractivity contribution in [1.82, 2.24) is 0 Å². The van der Waals surface area contributed by atoms with Crippen molar-refractivity contribution in [2.24, 2.45) is 0 Å². The predicted molar refractivity (Wildman–Crippen MR) is 61.8 cm³/mol. The smallest absolute Gasteiger partial charge is 0.329 e. The van der Waals surface area contributed by atoms with Crippen molar-refractivity contribution in [3.05, 3.63) is 61.6 Å². The normalized spacial score (nSPS) is 9.47. The SMILES string of the molecule is C=COC(=O)C(C(=O)OC=C)c1ccccc1. The van der Waals surface area contributed by atoms with E-state index in [0.29, 0.717) is 5.56 Å². The number of hydrogen-bond donors (Lipinski definition) is 0. The van der Waals surface area contributed by atoms with Gasteiger partial charge >= 0.3 is 11.9 Å². The Morgan fingerprint density at radius 1 is 1.00 bits per heavy atom. The van der Waals surface area contributed by atoms with E-state index in [2.05, 4.69) is 22.6 Å². The van der Waals surface area contributed by atoms with E-state index >= 15 is 0 Å². The average molecular weight is 232 g/mol. The summed E-state index contributed by atoms with van der Waals surface area (Å²) < 4.78 is 9.23. The van der Waals surface area contributed by atoms with Gasteiger partial charge in [0.1, 0.15) is 0 Å². The molecular weight excluding hydrogens is 220 g/mol. The first-order chi connectivity index (χ1) is 8.20. The van der Waals surface area contributed by atoms with Crippen molar-refractivity contribution in [3.63, 3.8) is 0 Å². The van der Waals surface area contributed by atoms with Crippen LogP contribution in [0.5, 0.6) is 0 Å². The summed E-state index contributed by atoms with van der Waals surface area (Å²) in [5.74, 6) is -2.61. The van der Waals surface area contributed by atoms with Gasteiger partial charge in [-0.2, -0.15) is 0 Å². The Labute approximate surface area is 99.2 Å². The van der Waals surface area contributed by atoms with Crippen LogP contribution in [0.1, 0.15) is 11.5 Å². The van der Waals surface area contributed by atoms with Gasteiger partial charge in [-0.1, -0.05) is 43.5 Å². The van der Waals surface area contributed by atoms with Gasteiger partial charge in [0.15, 0.2) is 5.92 Å². The molecule has 0 heterocycles. The third-order valence-corrected chi connectivity index (χ3v) is 2.00. The molecule has 0 N–H and O–H groups in total. The summed E-state index contributed by atoms with van der Waals surface area (Å²) >= 11 is 0. The zero-order valence-electron chi connectivity index (χ0n) is 9.17. The molecule has 0 aliphatic carbocycles. The molecule has 0 bridgehead atoms. The highest BCUT2D eigenvalue weighted by Gasteiger charge is 2.30. The van der Waals surface area contributed by atoms with Crippen LogP contribution in [-0.2, 0) is 19.1 Å². The summed E-state index contributed by atoms with van der Waals surface area (Å²) in [5.41, 5.74) is 0.492. The van der Waals surface area contributed by atoms with Crippen LogP contribution in [0.2, 0.25) is 0 Å². The molecular formula is C13H12O4. The van der Waals surface area contributed by atoms with Crippen molar-refractivity contribution in [2.75, 3.05) is 0 Å². The molecule has 88 valence electrons. The highest BCUT2D eigenvalue weighted by atomic mass is 16.5. The van der Waals surface area contributed by atoms with Gasteiger partial charge in [-0.05, 0) is 5.56 Å². The largest absolute Gasteiger partial charge is 0.434 e. The third-order valence-electron chi connectivity index (χ3n) is 2.00. The van der Waals surface area contributed by atoms with E-state index in [9.17, 15) is 9.59 Å². The number of carbonyl (C=O) groups excluding carboxylic acids is 2. The molecule has 0 radical (unpaired) electrons. The molecule has 0 unspecified atom stereocenters. The van der Waals surface area contributed by atoms with Gasteiger partial charge in [-0.15, -0.1) is 0 Å². The first-order valence-corrected chi connectivity index (χ1v) is 4.88. The molecule has 0 aromatic heterocycles. The quantitative estimate of drug-likeness (QED) is 0.443. The molecule has 0 atom stereocenters. The molecule has 0 fully saturated rings. The fourth-order valence-corrected chi connectivity index (χ4v) is 1.31. The van der Waals surface area contributed by atoms with Crippen molar-refractivity contribution >= 4 is 11.9 Å². The summed E-state index contributed by atoms with van der Waals surface area (Å²) in [7, 11) is 0. The van der Waals surface area contributed by atoms with Gasteiger partial charge in [-0.25, -0.2) is 0 Å². The number of hydrogen-bond acceptors (Lipinski definition) is 4. The second kappa shape index (κ2) is 6.27. The van der Waals surface area contributed by atoms with Crippen LogP contribution in [0, 0.1) is 0 Å². The number of benzene rings is 1. The predicted octanol–water partition coefficient (Wildman–Crippen LogP) is 2.14. The van der Waals surface area contributed by atoms with Crippen LogP contribution in [0.3, 0.4) is 0 Å². The van der Waals surface area contributed by atoms with Crippen LogP contribution >= 0.6 is 0 Å². The average Bonchev–Trinajstić information content (AvgIpc) is 2.31. The molecule has 0 aliphatic heterocycles. The fourth-order valence-electron chi connectivity index (χ4n) is 1.31. The first kappa shape index (κ1) is 12.7. The summed E-state index contributed by atoms with van der Waals surface area (Å²) in [6.07, 6.45) is 1.94. The van der Waals surface area contributed by atoms with Crippen LogP contribution in [-0.4, -0.2) is 11.9 Å². The lowest BCUT2D eigenvalue weighted by molar-refractivity contribution is -0.151. The number of ether oxygens (including phenoxy) is 2. The van der Waals surface area contributed by atoms with Gasteiger partial charge in [0, 0.05) is 0 Å². The molecule has 0 aliphatic rings. The fraction of sp³-hybridized carbons (Fsp3) is 0.0769. The molecule has 1 aromatic rings. The minimum absolute atomic E-state index is 0.492. The van der Waals surface area contributed by atoms with E-state index in [4.69, 9.17) is 0 Å². The van der Waals surface area contributed by atoms with Crippen molar-refractivity contribution < 1.29 is 19.1 Å². The van der Waals surface area contributed by atoms with Gasteiger partial charge in [0.05, 0.1) is 12.5 Å². The Morgan fingerprint density at radius 3 is 1.88 bits per heavy atom. The van der Waals surface area contributed by atoms with Gasteiger partial charge in [-0.3, -0.25) is 9.59 Å². The monoisotopic (exact) mass is 232 g/mol. The van der Waals surface area contributed by atoms with E-state index in [1.165, 1.54) is 0 Å². The second-order valence-electron chi connectivity index (χ2n) is 3.05. The van der Waals surface area contributed by atoms with E-state index in [-0.39, 0.29) is 0 Å². The van der Waals surface area contributed by atoms with Crippen molar-refractivity contribution in [2.45, 2.75) is 5.92 Å². The van der Waals surface area contributed by atoms with E-state index in [1.807, 2.05) is 0 Å². The van der Waals surface area contributed by atoms with Crippen LogP contribution in [0.25, 0.3) is 0 Å². The minimum Gasteiger partial charge on any atom is -0.434 e. The van der Waals surface area contributed by atoms with Gasteiger partial charge < -0.3 is 9.47 Å². The Kier molecular flexibility index (Phi) is 4.69. The highest BCUT2D eigenvalue weighted by Crippen LogP contribution is 2.19. The van der Waals surface area contributed by atoms with Crippen LogP contribution in [0.4, 0.5) is 0 Å². The molecule has 17 heavy (non-hydrogen) atoms. The maximum Gasteiger partial charge on any atom is 0.329 e. The topological polar surface area (TPSA) is 52.6 Å². The van der Waals surface area contributed by atoms with Crippen LogP contribution < -0.4 is 0 Å². The number of rotatable bonds is 5. The van der Waals surface area contributed by atoms with Gasteiger partial charge in [0.25, 0.3) is 0 Å².